The Balaban J connectivity index is 0.000000402. The summed E-state index contributed by atoms with van der Waals surface area (Å²) in [7, 11) is 3.50. The van der Waals surface area contributed by atoms with Gasteiger partial charge in [0.25, 0.3) is 0 Å². The molecular formula is C33H40F5N9O2. The summed E-state index contributed by atoms with van der Waals surface area (Å²) in [6, 6.07) is 2.08. The van der Waals surface area contributed by atoms with E-state index in [9.17, 15) is 17.6 Å². The van der Waals surface area contributed by atoms with E-state index in [1.165, 1.54) is 39.0 Å². The first-order valence-electron chi connectivity index (χ1n) is 15.9. The van der Waals surface area contributed by atoms with Crippen molar-refractivity contribution in [1.82, 2.24) is 29.8 Å². The standard InChI is InChI=1S/C24H21F5N8O2.C9H19N/c1-9-16(24(27,28)29)13(7-14(30)33-9)18-17(26)19-15-21(36-23(35-19)38-3)37(4-5-39-22(15)34-18)10(2)12-6-11(25)8-32-20(12)31;1-4-5-9-6-8(2)7-10(9)3/h6-8,10H,4-5H2,1-3H3,(H2,30,33)(H2,31,32);8-9H,4-7H2,1-3H3. The summed E-state index contributed by atoms with van der Waals surface area (Å²) >= 11 is 0. The first kappa shape index (κ1) is 35.7. The number of pyridine rings is 3. The van der Waals surface area contributed by atoms with Crippen LogP contribution >= 0.6 is 0 Å². The van der Waals surface area contributed by atoms with Crippen LogP contribution in [-0.2, 0) is 6.18 Å². The van der Waals surface area contributed by atoms with Gasteiger partial charge in [0, 0.05) is 23.7 Å². The Labute approximate surface area is 280 Å². The minimum absolute atomic E-state index is 0.0170. The number of nitrogens with two attached hydrogens (primary N) is 2. The number of rotatable bonds is 6. The van der Waals surface area contributed by atoms with Crippen molar-refractivity contribution < 1.29 is 31.4 Å². The van der Waals surface area contributed by atoms with Crippen LogP contribution in [0.25, 0.3) is 22.2 Å². The number of likely N-dealkylation sites (tertiary alicyclic amines) is 1. The Morgan fingerprint density at radius 2 is 1.86 bits per heavy atom. The molecule has 1 fully saturated rings. The van der Waals surface area contributed by atoms with Crippen LogP contribution in [0.3, 0.4) is 0 Å². The molecule has 4 N–H and O–H groups in total. The van der Waals surface area contributed by atoms with Crippen LogP contribution in [0.4, 0.5) is 39.4 Å². The highest BCUT2D eigenvalue weighted by molar-refractivity contribution is 5.97. The molecule has 16 heteroatoms. The zero-order valence-corrected chi connectivity index (χ0v) is 28.2. The zero-order chi connectivity index (χ0) is 35.8. The van der Waals surface area contributed by atoms with Gasteiger partial charge in [-0.25, -0.2) is 23.7 Å². The number of hydrogen-bond acceptors (Lipinski definition) is 11. The van der Waals surface area contributed by atoms with E-state index in [1.807, 2.05) is 0 Å². The summed E-state index contributed by atoms with van der Waals surface area (Å²) in [6.45, 7) is 8.85. The van der Waals surface area contributed by atoms with E-state index >= 15 is 4.39 Å². The van der Waals surface area contributed by atoms with E-state index in [-0.39, 0.29) is 47.9 Å². The highest BCUT2D eigenvalue weighted by Crippen LogP contribution is 2.45. The van der Waals surface area contributed by atoms with Crippen molar-refractivity contribution in [1.29, 1.82) is 0 Å². The summed E-state index contributed by atoms with van der Waals surface area (Å²) < 4.78 is 83.2. The molecule has 0 aliphatic carbocycles. The van der Waals surface area contributed by atoms with E-state index in [1.54, 1.807) is 11.8 Å². The SMILES string of the molecule is CCCC1CC(C)CN1C.COc1nc2c3c(nc(-c4cc(N)nc(C)c4C(F)(F)F)c(F)c3n1)OCCN2C(C)c1cc(F)cnc1N. The molecule has 3 atom stereocenters. The second kappa shape index (κ2) is 14.1. The minimum Gasteiger partial charge on any atom is -0.475 e. The van der Waals surface area contributed by atoms with Crippen molar-refractivity contribution in [3.05, 3.63) is 46.8 Å². The lowest BCUT2D eigenvalue weighted by Gasteiger charge is -2.30. The molecule has 0 saturated carbocycles. The number of ether oxygens (including phenoxy) is 2. The highest BCUT2D eigenvalue weighted by atomic mass is 19.4. The lowest BCUT2D eigenvalue weighted by molar-refractivity contribution is -0.137. The molecule has 6 rings (SSSR count). The van der Waals surface area contributed by atoms with Crippen molar-refractivity contribution in [2.75, 3.05) is 50.2 Å². The quantitative estimate of drug-likeness (QED) is 0.219. The Morgan fingerprint density at radius 3 is 2.49 bits per heavy atom. The largest absolute Gasteiger partial charge is 0.475 e. The molecule has 1 saturated heterocycles. The Hall–Kier alpha value is -4.60. The molecule has 2 aliphatic heterocycles. The summed E-state index contributed by atoms with van der Waals surface area (Å²) in [4.78, 5) is 24.3. The van der Waals surface area contributed by atoms with Crippen LogP contribution in [0, 0.1) is 24.5 Å². The fourth-order valence-electron chi connectivity index (χ4n) is 6.65. The Bertz CT molecular complexity index is 1840. The first-order valence-corrected chi connectivity index (χ1v) is 15.9. The second-order valence-corrected chi connectivity index (χ2v) is 12.5. The molecule has 4 aromatic rings. The third kappa shape index (κ3) is 7.23. The van der Waals surface area contributed by atoms with Crippen molar-refractivity contribution in [3.63, 3.8) is 0 Å². The van der Waals surface area contributed by atoms with Crippen molar-refractivity contribution in [2.45, 2.75) is 65.2 Å². The van der Waals surface area contributed by atoms with Crippen molar-refractivity contribution in [2.24, 2.45) is 5.92 Å². The molecule has 0 spiro atoms. The summed E-state index contributed by atoms with van der Waals surface area (Å²) in [5.74, 6) is -1.17. The van der Waals surface area contributed by atoms with Gasteiger partial charge in [-0.2, -0.15) is 23.1 Å². The molecule has 11 nitrogen and oxygen atoms in total. The average Bonchev–Trinajstić information content (AvgIpc) is 3.24. The van der Waals surface area contributed by atoms with Gasteiger partial charge < -0.3 is 30.7 Å². The second-order valence-electron chi connectivity index (χ2n) is 12.5. The third-order valence-electron chi connectivity index (χ3n) is 8.85. The van der Waals surface area contributed by atoms with E-state index in [4.69, 9.17) is 20.9 Å². The van der Waals surface area contributed by atoms with Gasteiger partial charge in [0.2, 0.25) is 5.88 Å². The van der Waals surface area contributed by atoms with Gasteiger partial charge in [-0.15, -0.1) is 0 Å². The molecule has 0 amide bonds. The zero-order valence-electron chi connectivity index (χ0n) is 28.2. The fraction of sp³-hybridized carbons (Fsp3) is 0.485. The number of methoxy groups -OCH3 is 1. The van der Waals surface area contributed by atoms with Crippen molar-refractivity contribution >= 4 is 28.4 Å². The van der Waals surface area contributed by atoms with E-state index in [0.29, 0.717) is 5.56 Å². The number of anilines is 3. The molecule has 49 heavy (non-hydrogen) atoms. The average molecular weight is 690 g/mol. The third-order valence-corrected chi connectivity index (χ3v) is 8.85. The van der Waals surface area contributed by atoms with Gasteiger partial charge in [-0.3, -0.25) is 0 Å². The van der Waals surface area contributed by atoms with Crippen molar-refractivity contribution in [3.8, 4) is 23.1 Å². The molecule has 0 radical (unpaired) electrons. The molecule has 4 aromatic heterocycles. The summed E-state index contributed by atoms with van der Waals surface area (Å²) in [6.07, 6.45) is 0.229. The number of nitrogens with zero attached hydrogens (tertiary/aromatic N) is 7. The number of aryl methyl sites for hydroxylation is 1. The molecule has 0 bridgehead atoms. The maximum Gasteiger partial charge on any atom is 0.418 e. The predicted molar refractivity (Wildman–Crippen MR) is 176 cm³/mol. The van der Waals surface area contributed by atoms with E-state index in [0.717, 1.165) is 31.1 Å². The molecule has 3 unspecified atom stereocenters. The Morgan fingerprint density at radius 1 is 1.12 bits per heavy atom. The van der Waals surface area contributed by atoms with Gasteiger partial charge in [0.05, 0.1) is 37.2 Å². The van der Waals surface area contributed by atoms with Crippen LogP contribution in [0.2, 0.25) is 0 Å². The maximum atomic E-state index is 16.1. The lowest BCUT2D eigenvalue weighted by atomic mass is 10.0. The van der Waals surface area contributed by atoms with Gasteiger partial charge in [-0.05, 0) is 51.8 Å². The van der Waals surface area contributed by atoms with Gasteiger partial charge in [-0.1, -0.05) is 20.3 Å². The lowest BCUT2D eigenvalue weighted by Crippen LogP contribution is -2.31. The molecule has 264 valence electrons. The molecule has 2 aliphatic rings. The van der Waals surface area contributed by atoms with Gasteiger partial charge in [0.1, 0.15) is 46.5 Å². The molecule has 0 aromatic carbocycles. The monoisotopic (exact) mass is 689 g/mol. The Kier molecular flexibility index (Phi) is 10.3. The summed E-state index contributed by atoms with van der Waals surface area (Å²) in [5, 5.41) is -0.0170. The predicted octanol–water partition coefficient (Wildman–Crippen LogP) is 6.35. The fourth-order valence-corrected chi connectivity index (χ4v) is 6.65. The van der Waals surface area contributed by atoms with Gasteiger partial charge >= 0.3 is 12.2 Å². The van der Waals surface area contributed by atoms with Gasteiger partial charge in [0.15, 0.2) is 5.82 Å². The minimum atomic E-state index is -4.89. The summed E-state index contributed by atoms with van der Waals surface area (Å²) in [5.41, 5.74) is 8.68. The highest BCUT2D eigenvalue weighted by Gasteiger charge is 2.39. The normalized spacial score (nSPS) is 18.5. The van der Waals surface area contributed by atoms with Crippen LogP contribution in [0.15, 0.2) is 18.3 Å². The number of alkyl halides is 3. The van der Waals surface area contributed by atoms with Crippen LogP contribution in [0.5, 0.6) is 11.9 Å². The molecular weight excluding hydrogens is 649 g/mol. The first-order chi connectivity index (χ1) is 23.1. The van der Waals surface area contributed by atoms with E-state index in [2.05, 4.69) is 50.7 Å². The van der Waals surface area contributed by atoms with E-state index < -0.39 is 51.9 Å². The smallest absolute Gasteiger partial charge is 0.418 e. The molecule has 6 heterocycles. The van der Waals surface area contributed by atoms with Crippen LogP contribution < -0.4 is 25.8 Å². The topological polar surface area (TPSA) is 141 Å². The number of hydrogen-bond donors (Lipinski definition) is 2. The maximum absolute atomic E-state index is 16.1. The van der Waals surface area contributed by atoms with Crippen LogP contribution in [-0.4, -0.2) is 69.7 Å². The number of nitrogen functional groups attached to an aromatic ring is 2. The van der Waals surface area contributed by atoms with Crippen LogP contribution in [0.1, 0.15) is 62.9 Å². The number of halogens is 5. The number of aromatic nitrogens is 5.